The van der Waals surface area contributed by atoms with Crippen LogP contribution in [0.15, 0.2) is 26.5 Å². The lowest BCUT2D eigenvalue weighted by molar-refractivity contribution is 0.421. The molecule has 3 heterocycles. The molecule has 0 unspecified atom stereocenters. The van der Waals surface area contributed by atoms with Crippen LogP contribution >= 0.6 is 23.1 Å². The molecule has 0 aromatic carbocycles. The van der Waals surface area contributed by atoms with Gasteiger partial charge in [-0.2, -0.15) is 16.3 Å². The Morgan fingerprint density at radius 1 is 1.36 bits per heavy atom. The van der Waals surface area contributed by atoms with E-state index in [1.165, 1.54) is 12.8 Å². The summed E-state index contributed by atoms with van der Waals surface area (Å²) < 4.78 is 7.22. The summed E-state index contributed by atoms with van der Waals surface area (Å²) in [5.74, 6) is 1.82. The Hall–Kier alpha value is -1.74. The zero-order valence-corrected chi connectivity index (χ0v) is 13.4. The Bertz CT molecular complexity index is 731. The van der Waals surface area contributed by atoms with E-state index in [-0.39, 0.29) is 0 Å². The van der Waals surface area contributed by atoms with E-state index in [2.05, 4.69) is 25.7 Å². The van der Waals surface area contributed by atoms with Gasteiger partial charge in [0, 0.05) is 5.38 Å². The summed E-state index contributed by atoms with van der Waals surface area (Å²) in [5, 5.41) is 20.9. The molecule has 22 heavy (non-hydrogen) atoms. The van der Waals surface area contributed by atoms with Gasteiger partial charge >= 0.3 is 0 Å². The molecular formula is C13H14N6OS2. The molecule has 0 amide bonds. The molecule has 7 nitrogen and oxygen atoms in total. The fourth-order valence-electron chi connectivity index (χ4n) is 2.60. The third-order valence-corrected chi connectivity index (χ3v) is 5.31. The van der Waals surface area contributed by atoms with E-state index in [1.54, 1.807) is 23.1 Å². The molecule has 1 aliphatic carbocycles. The highest BCUT2D eigenvalue weighted by Crippen LogP contribution is 2.32. The minimum Gasteiger partial charge on any atom is -0.334 e. The van der Waals surface area contributed by atoms with Crippen molar-refractivity contribution in [3.8, 4) is 11.5 Å². The van der Waals surface area contributed by atoms with Crippen molar-refractivity contribution in [2.45, 2.75) is 42.6 Å². The summed E-state index contributed by atoms with van der Waals surface area (Å²) in [5.41, 5.74) is 0.963. The van der Waals surface area contributed by atoms with E-state index in [0.29, 0.717) is 23.5 Å². The quantitative estimate of drug-likeness (QED) is 0.663. The molecule has 4 rings (SSSR count). The van der Waals surface area contributed by atoms with Crippen molar-refractivity contribution in [2.75, 3.05) is 0 Å². The first-order valence-corrected chi connectivity index (χ1v) is 9.09. The molecule has 0 radical (unpaired) electrons. The fraction of sp³-hybridized carbons (Fsp3) is 0.462. The summed E-state index contributed by atoms with van der Waals surface area (Å²) in [6.45, 7) is 0. The van der Waals surface area contributed by atoms with Gasteiger partial charge < -0.3 is 4.52 Å². The third kappa shape index (κ3) is 2.78. The molecule has 0 bridgehead atoms. The van der Waals surface area contributed by atoms with Crippen LogP contribution in [0.5, 0.6) is 0 Å². The first kappa shape index (κ1) is 13.9. The van der Waals surface area contributed by atoms with Gasteiger partial charge in [-0.15, -0.1) is 5.10 Å². The number of nitrogens with zero attached hydrogens (tertiary/aromatic N) is 6. The molecule has 0 N–H and O–H groups in total. The van der Waals surface area contributed by atoms with Gasteiger partial charge in [-0.05, 0) is 34.7 Å². The maximum absolute atomic E-state index is 5.28. The van der Waals surface area contributed by atoms with Crippen LogP contribution in [0.3, 0.4) is 0 Å². The normalized spacial score (nSPS) is 15.6. The van der Waals surface area contributed by atoms with Gasteiger partial charge in [-0.3, -0.25) is 0 Å². The van der Waals surface area contributed by atoms with Crippen molar-refractivity contribution < 1.29 is 4.52 Å². The van der Waals surface area contributed by atoms with Crippen LogP contribution in [-0.4, -0.2) is 30.3 Å². The molecule has 9 heteroatoms. The van der Waals surface area contributed by atoms with Crippen molar-refractivity contribution in [2.24, 2.45) is 0 Å². The van der Waals surface area contributed by atoms with E-state index >= 15 is 0 Å². The maximum Gasteiger partial charge on any atom is 0.258 e. The monoisotopic (exact) mass is 334 g/mol. The lowest BCUT2D eigenvalue weighted by atomic mass is 10.3. The summed E-state index contributed by atoms with van der Waals surface area (Å²) >= 11 is 3.16. The second kappa shape index (κ2) is 6.17. The van der Waals surface area contributed by atoms with Gasteiger partial charge in [-0.1, -0.05) is 29.8 Å². The molecule has 0 spiro atoms. The van der Waals surface area contributed by atoms with Crippen LogP contribution < -0.4 is 0 Å². The van der Waals surface area contributed by atoms with Crippen LogP contribution in [0.4, 0.5) is 0 Å². The second-order valence-electron chi connectivity index (χ2n) is 5.16. The number of thioether (sulfide) groups is 1. The van der Waals surface area contributed by atoms with Gasteiger partial charge in [0.25, 0.3) is 5.89 Å². The van der Waals surface area contributed by atoms with Crippen LogP contribution in [-0.2, 0) is 5.75 Å². The molecule has 3 aromatic rings. The van der Waals surface area contributed by atoms with Crippen LogP contribution in [0, 0.1) is 0 Å². The summed E-state index contributed by atoms with van der Waals surface area (Å²) in [7, 11) is 0. The Balaban J connectivity index is 1.44. The largest absolute Gasteiger partial charge is 0.334 e. The number of rotatable bonds is 5. The first-order valence-electron chi connectivity index (χ1n) is 7.16. The molecule has 3 aromatic heterocycles. The minimum atomic E-state index is 0.434. The lowest BCUT2D eigenvalue weighted by Gasteiger charge is -2.09. The van der Waals surface area contributed by atoms with Gasteiger partial charge in [0.05, 0.1) is 17.4 Å². The summed E-state index contributed by atoms with van der Waals surface area (Å²) in [6, 6.07) is 2.40. The number of tetrazole rings is 1. The highest BCUT2D eigenvalue weighted by atomic mass is 32.2. The number of hydrogen-bond donors (Lipinski definition) is 0. The van der Waals surface area contributed by atoms with Crippen molar-refractivity contribution >= 4 is 23.1 Å². The van der Waals surface area contributed by atoms with Gasteiger partial charge in [0.2, 0.25) is 5.16 Å². The summed E-state index contributed by atoms with van der Waals surface area (Å²) in [4.78, 5) is 4.41. The molecule has 1 fully saturated rings. The third-order valence-electron chi connectivity index (χ3n) is 3.70. The fourth-order valence-corrected chi connectivity index (χ4v) is 4.02. The van der Waals surface area contributed by atoms with E-state index in [0.717, 1.165) is 23.6 Å². The van der Waals surface area contributed by atoms with Gasteiger partial charge in [-0.25, -0.2) is 4.68 Å². The Morgan fingerprint density at radius 3 is 3.09 bits per heavy atom. The van der Waals surface area contributed by atoms with Gasteiger partial charge in [0.1, 0.15) is 0 Å². The van der Waals surface area contributed by atoms with Crippen LogP contribution in [0.1, 0.15) is 37.5 Å². The van der Waals surface area contributed by atoms with Crippen LogP contribution in [0.25, 0.3) is 11.5 Å². The average molecular weight is 334 g/mol. The van der Waals surface area contributed by atoms with E-state index in [9.17, 15) is 0 Å². The molecule has 1 aliphatic rings. The number of aromatic nitrogens is 6. The highest BCUT2D eigenvalue weighted by Gasteiger charge is 2.22. The molecular weight excluding hydrogens is 320 g/mol. The predicted octanol–water partition coefficient (Wildman–Crippen LogP) is 3.19. The van der Waals surface area contributed by atoms with E-state index in [4.69, 9.17) is 4.52 Å². The van der Waals surface area contributed by atoms with Crippen molar-refractivity contribution in [1.82, 2.24) is 30.3 Å². The van der Waals surface area contributed by atoms with Crippen molar-refractivity contribution in [3.63, 3.8) is 0 Å². The SMILES string of the molecule is c1cc(-c2nc(CSc3nnnn3C3CCCC3)no2)cs1. The smallest absolute Gasteiger partial charge is 0.258 e. The first-order chi connectivity index (χ1) is 10.9. The number of hydrogen-bond acceptors (Lipinski definition) is 8. The zero-order valence-electron chi connectivity index (χ0n) is 11.8. The number of thiophene rings is 1. The van der Waals surface area contributed by atoms with E-state index < -0.39 is 0 Å². The Kier molecular flexibility index (Phi) is 3.90. The molecule has 0 saturated heterocycles. The highest BCUT2D eigenvalue weighted by molar-refractivity contribution is 7.98. The molecule has 0 aliphatic heterocycles. The standard InChI is InChI=1S/C13H14N6OS2/c1-2-4-10(3-1)19-13(15-17-18-19)22-8-11-14-12(20-16-11)9-5-6-21-7-9/h5-7,10H,1-4,8H2. The molecule has 114 valence electrons. The average Bonchev–Trinajstić information content (AvgIpc) is 3.33. The molecule has 0 atom stereocenters. The summed E-state index contributed by atoms with van der Waals surface area (Å²) in [6.07, 6.45) is 4.82. The van der Waals surface area contributed by atoms with Crippen molar-refractivity contribution in [3.05, 3.63) is 22.7 Å². The maximum atomic E-state index is 5.28. The van der Waals surface area contributed by atoms with Crippen LogP contribution in [0.2, 0.25) is 0 Å². The van der Waals surface area contributed by atoms with Crippen molar-refractivity contribution in [1.29, 1.82) is 0 Å². The Morgan fingerprint density at radius 2 is 2.27 bits per heavy atom. The predicted molar refractivity (Wildman–Crippen MR) is 82.5 cm³/mol. The Labute approximate surface area is 135 Å². The lowest BCUT2D eigenvalue weighted by Crippen LogP contribution is -2.08. The van der Waals surface area contributed by atoms with E-state index in [1.807, 2.05) is 21.5 Å². The topological polar surface area (TPSA) is 82.5 Å². The van der Waals surface area contributed by atoms with Gasteiger partial charge in [0.15, 0.2) is 5.82 Å². The molecule has 1 saturated carbocycles. The zero-order chi connectivity index (χ0) is 14.8. The second-order valence-corrected chi connectivity index (χ2v) is 6.88. The minimum absolute atomic E-state index is 0.434.